The Bertz CT molecular complexity index is 462. The van der Waals surface area contributed by atoms with Crippen LogP contribution in [0.5, 0.6) is 0 Å². The van der Waals surface area contributed by atoms with Crippen LogP contribution in [0, 0.1) is 0 Å². The fourth-order valence-corrected chi connectivity index (χ4v) is 1.29. The number of nitrogens with zero attached hydrogens (tertiary/aromatic N) is 3. The minimum Gasteiger partial charge on any atom is -0.298 e. The molecule has 0 aliphatic carbocycles. The molecule has 0 aliphatic heterocycles. The third-order valence-electron chi connectivity index (χ3n) is 2.00. The zero-order valence-corrected chi connectivity index (χ0v) is 7.71. The molecule has 0 unspecified atom stereocenters. The summed E-state index contributed by atoms with van der Waals surface area (Å²) in [4.78, 5) is 14.7. The fourth-order valence-electron chi connectivity index (χ4n) is 1.29. The maximum Gasteiger partial charge on any atom is 0.150 e. The van der Waals surface area contributed by atoms with Gasteiger partial charge in [-0.15, -0.1) is 0 Å². The summed E-state index contributed by atoms with van der Waals surface area (Å²) in [6.45, 7) is 0. The highest BCUT2D eigenvalue weighted by molar-refractivity contribution is 5.76. The molecule has 70 valence electrons. The van der Waals surface area contributed by atoms with Crippen LogP contribution in [0.2, 0.25) is 0 Å². The van der Waals surface area contributed by atoms with E-state index in [9.17, 15) is 4.79 Å². The van der Waals surface area contributed by atoms with Gasteiger partial charge in [0.1, 0.15) is 6.29 Å². The molecule has 2 rings (SSSR count). The Morgan fingerprint density at radius 1 is 1.36 bits per heavy atom. The van der Waals surface area contributed by atoms with Gasteiger partial charge in [-0.2, -0.15) is 5.10 Å². The number of aldehydes is 1. The van der Waals surface area contributed by atoms with Crippen molar-refractivity contribution in [2.24, 2.45) is 7.05 Å². The number of hydrogen-bond donors (Lipinski definition) is 0. The Kier molecular flexibility index (Phi) is 2.10. The van der Waals surface area contributed by atoms with E-state index in [4.69, 9.17) is 0 Å². The maximum atomic E-state index is 10.6. The van der Waals surface area contributed by atoms with Crippen LogP contribution < -0.4 is 0 Å². The molecule has 4 heteroatoms. The van der Waals surface area contributed by atoms with Gasteiger partial charge in [0, 0.05) is 25.0 Å². The molecule has 4 nitrogen and oxygen atoms in total. The minimum atomic E-state index is 0.621. The first-order valence-corrected chi connectivity index (χ1v) is 4.21. The van der Waals surface area contributed by atoms with E-state index in [1.165, 1.54) is 0 Å². The third kappa shape index (κ3) is 1.42. The molecule has 0 aromatic carbocycles. The van der Waals surface area contributed by atoms with E-state index in [0.717, 1.165) is 17.7 Å². The molecule has 2 aromatic heterocycles. The Morgan fingerprint density at radius 3 is 2.86 bits per heavy atom. The van der Waals surface area contributed by atoms with E-state index in [1.54, 1.807) is 29.2 Å². The summed E-state index contributed by atoms with van der Waals surface area (Å²) in [6.07, 6.45) is 4.12. The highest BCUT2D eigenvalue weighted by Crippen LogP contribution is 2.15. The van der Waals surface area contributed by atoms with Gasteiger partial charge >= 0.3 is 0 Å². The Morgan fingerprint density at radius 2 is 2.21 bits per heavy atom. The van der Waals surface area contributed by atoms with Gasteiger partial charge in [0.2, 0.25) is 0 Å². The SMILES string of the molecule is Cn1nccc1-c1cc(C=O)ccn1. The summed E-state index contributed by atoms with van der Waals surface area (Å²) in [6, 6.07) is 5.27. The van der Waals surface area contributed by atoms with Gasteiger partial charge in [-0.3, -0.25) is 14.5 Å². The summed E-state index contributed by atoms with van der Waals surface area (Å²) in [5, 5.41) is 4.04. The Labute approximate surface area is 81.2 Å². The van der Waals surface area contributed by atoms with Crippen LogP contribution >= 0.6 is 0 Å². The van der Waals surface area contributed by atoms with Gasteiger partial charge in [-0.25, -0.2) is 0 Å². The quantitative estimate of drug-likeness (QED) is 0.665. The van der Waals surface area contributed by atoms with Gasteiger partial charge in [-0.1, -0.05) is 0 Å². The number of carbonyl (C=O) groups excluding carboxylic acids is 1. The van der Waals surface area contributed by atoms with E-state index < -0.39 is 0 Å². The predicted octanol–water partition coefficient (Wildman–Crippen LogP) is 1.29. The normalized spacial score (nSPS) is 10.1. The van der Waals surface area contributed by atoms with Crippen molar-refractivity contribution in [3.05, 3.63) is 36.2 Å². The fraction of sp³-hybridized carbons (Fsp3) is 0.100. The molecule has 0 spiro atoms. The predicted molar refractivity (Wildman–Crippen MR) is 51.8 cm³/mol. The Balaban J connectivity index is 2.52. The van der Waals surface area contributed by atoms with E-state index in [2.05, 4.69) is 10.1 Å². The van der Waals surface area contributed by atoms with Gasteiger partial charge in [0.25, 0.3) is 0 Å². The molecule has 2 aromatic rings. The zero-order valence-electron chi connectivity index (χ0n) is 7.71. The van der Waals surface area contributed by atoms with E-state index in [1.807, 2.05) is 13.1 Å². The average Bonchev–Trinajstić information content (AvgIpc) is 2.65. The summed E-state index contributed by atoms with van der Waals surface area (Å²) >= 11 is 0. The number of rotatable bonds is 2. The lowest BCUT2D eigenvalue weighted by molar-refractivity contribution is 0.112. The van der Waals surface area contributed by atoms with Gasteiger partial charge in [0.15, 0.2) is 0 Å². The van der Waals surface area contributed by atoms with E-state index in [0.29, 0.717) is 5.56 Å². The van der Waals surface area contributed by atoms with Crippen molar-refractivity contribution < 1.29 is 4.79 Å². The highest BCUT2D eigenvalue weighted by Gasteiger charge is 2.03. The van der Waals surface area contributed by atoms with Crippen molar-refractivity contribution >= 4 is 6.29 Å². The van der Waals surface area contributed by atoms with Gasteiger partial charge in [-0.05, 0) is 18.2 Å². The molecular weight excluding hydrogens is 178 g/mol. The lowest BCUT2D eigenvalue weighted by atomic mass is 10.2. The van der Waals surface area contributed by atoms with Crippen LogP contribution in [-0.4, -0.2) is 21.1 Å². The van der Waals surface area contributed by atoms with Gasteiger partial charge < -0.3 is 0 Å². The van der Waals surface area contributed by atoms with Crippen molar-refractivity contribution in [3.8, 4) is 11.4 Å². The van der Waals surface area contributed by atoms with Crippen LogP contribution in [0.3, 0.4) is 0 Å². The van der Waals surface area contributed by atoms with Crippen LogP contribution in [0.1, 0.15) is 10.4 Å². The highest BCUT2D eigenvalue weighted by atomic mass is 16.1. The summed E-state index contributed by atoms with van der Waals surface area (Å²) in [5.41, 5.74) is 2.28. The standard InChI is InChI=1S/C10H9N3O/c1-13-10(3-5-12-13)9-6-8(7-14)2-4-11-9/h2-7H,1H3. The van der Waals surface area contributed by atoms with E-state index >= 15 is 0 Å². The molecular formula is C10H9N3O. The monoisotopic (exact) mass is 187 g/mol. The van der Waals surface area contributed by atoms with Crippen molar-refractivity contribution in [1.29, 1.82) is 0 Å². The molecule has 0 saturated heterocycles. The second-order valence-electron chi connectivity index (χ2n) is 2.93. The molecule has 0 radical (unpaired) electrons. The number of hydrogen-bond acceptors (Lipinski definition) is 3. The topological polar surface area (TPSA) is 47.8 Å². The van der Waals surface area contributed by atoms with Gasteiger partial charge in [0.05, 0.1) is 11.4 Å². The van der Waals surface area contributed by atoms with Crippen molar-refractivity contribution in [3.63, 3.8) is 0 Å². The number of aromatic nitrogens is 3. The van der Waals surface area contributed by atoms with E-state index in [-0.39, 0.29) is 0 Å². The number of pyridine rings is 1. The average molecular weight is 187 g/mol. The first kappa shape index (κ1) is 8.62. The summed E-state index contributed by atoms with van der Waals surface area (Å²) in [5.74, 6) is 0. The molecule has 0 bridgehead atoms. The van der Waals surface area contributed by atoms with Crippen LogP contribution in [0.15, 0.2) is 30.6 Å². The largest absolute Gasteiger partial charge is 0.298 e. The molecule has 0 amide bonds. The molecule has 0 N–H and O–H groups in total. The van der Waals surface area contributed by atoms with Crippen molar-refractivity contribution in [2.45, 2.75) is 0 Å². The lowest BCUT2D eigenvalue weighted by Gasteiger charge is -2.00. The molecule has 2 heterocycles. The van der Waals surface area contributed by atoms with Crippen LogP contribution in [-0.2, 0) is 7.05 Å². The first-order valence-electron chi connectivity index (χ1n) is 4.21. The lowest BCUT2D eigenvalue weighted by Crippen LogP contribution is -1.95. The molecule has 14 heavy (non-hydrogen) atoms. The second kappa shape index (κ2) is 3.41. The summed E-state index contributed by atoms with van der Waals surface area (Å²) < 4.78 is 1.72. The maximum absolute atomic E-state index is 10.6. The minimum absolute atomic E-state index is 0.621. The molecule has 0 fully saturated rings. The first-order chi connectivity index (χ1) is 6.81. The number of aryl methyl sites for hydroxylation is 1. The van der Waals surface area contributed by atoms with Crippen molar-refractivity contribution in [1.82, 2.24) is 14.8 Å². The third-order valence-corrected chi connectivity index (χ3v) is 2.00. The van der Waals surface area contributed by atoms with Crippen LogP contribution in [0.25, 0.3) is 11.4 Å². The van der Waals surface area contributed by atoms with Crippen molar-refractivity contribution in [2.75, 3.05) is 0 Å². The Hall–Kier alpha value is -1.97. The zero-order chi connectivity index (χ0) is 9.97. The summed E-state index contributed by atoms with van der Waals surface area (Å²) in [7, 11) is 1.84. The molecule has 0 aliphatic rings. The molecule has 0 saturated carbocycles. The molecule has 0 atom stereocenters. The smallest absolute Gasteiger partial charge is 0.150 e. The number of carbonyl (C=O) groups is 1. The van der Waals surface area contributed by atoms with Crippen LogP contribution in [0.4, 0.5) is 0 Å². The second-order valence-corrected chi connectivity index (χ2v) is 2.93.